The second-order valence-corrected chi connectivity index (χ2v) is 4.39. The molecule has 2 heterocycles. The first-order chi connectivity index (χ1) is 8.22. The Bertz CT molecular complexity index is 688. The van der Waals surface area contributed by atoms with Gasteiger partial charge in [-0.3, -0.25) is 0 Å². The zero-order valence-electron chi connectivity index (χ0n) is 9.26. The molecule has 0 spiro atoms. The molecule has 4 heteroatoms. The Hall–Kier alpha value is -1.87. The maximum Gasteiger partial charge on any atom is 0.182 e. The average molecular weight is 244 g/mol. The molecule has 3 aromatic rings. The van der Waals surface area contributed by atoms with E-state index in [0.717, 1.165) is 17.0 Å². The van der Waals surface area contributed by atoms with Crippen LogP contribution in [0.5, 0.6) is 0 Å². The van der Waals surface area contributed by atoms with E-state index in [-0.39, 0.29) is 0 Å². The normalized spacial score (nSPS) is 10.9. The highest BCUT2D eigenvalue weighted by Crippen LogP contribution is 2.18. The van der Waals surface area contributed by atoms with Crippen molar-refractivity contribution in [2.24, 2.45) is 0 Å². The van der Waals surface area contributed by atoms with Gasteiger partial charge in [0.1, 0.15) is 0 Å². The quantitative estimate of drug-likeness (QED) is 0.656. The van der Waals surface area contributed by atoms with E-state index >= 15 is 0 Å². The van der Waals surface area contributed by atoms with Crippen molar-refractivity contribution in [3.63, 3.8) is 0 Å². The number of aryl methyl sites for hydroxylation is 1. The van der Waals surface area contributed by atoms with Crippen LogP contribution in [0.2, 0.25) is 5.02 Å². The first-order valence-electron chi connectivity index (χ1n) is 5.31. The van der Waals surface area contributed by atoms with Crippen LogP contribution in [0.3, 0.4) is 0 Å². The van der Waals surface area contributed by atoms with Gasteiger partial charge >= 0.3 is 0 Å². The van der Waals surface area contributed by atoms with Crippen molar-refractivity contribution in [1.29, 1.82) is 0 Å². The van der Waals surface area contributed by atoms with Crippen molar-refractivity contribution in [3.05, 3.63) is 53.2 Å². The molecular weight excluding hydrogens is 234 g/mol. The summed E-state index contributed by atoms with van der Waals surface area (Å²) in [6.07, 6.45) is 1.81. The minimum absolute atomic E-state index is 0.667. The third-order valence-corrected chi connectivity index (χ3v) is 2.81. The predicted molar refractivity (Wildman–Crippen MR) is 68.2 cm³/mol. The lowest BCUT2D eigenvalue weighted by molar-refractivity contribution is 0.966. The summed E-state index contributed by atoms with van der Waals surface area (Å²) >= 11 is 5.92. The lowest BCUT2D eigenvalue weighted by Crippen LogP contribution is -1.85. The van der Waals surface area contributed by atoms with Crippen LogP contribution in [0.4, 0.5) is 0 Å². The lowest BCUT2D eigenvalue weighted by Gasteiger charge is -1.95. The third kappa shape index (κ3) is 1.89. The number of pyridine rings is 1. The molecule has 0 saturated heterocycles. The molecule has 0 aliphatic carbocycles. The van der Waals surface area contributed by atoms with Crippen molar-refractivity contribution >= 4 is 17.2 Å². The third-order valence-electron chi connectivity index (χ3n) is 2.58. The summed E-state index contributed by atoms with van der Waals surface area (Å²) in [4.78, 5) is 4.45. The molecule has 2 aromatic heterocycles. The Morgan fingerprint density at radius 1 is 1.18 bits per heavy atom. The van der Waals surface area contributed by atoms with E-state index in [4.69, 9.17) is 11.6 Å². The summed E-state index contributed by atoms with van der Waals surface area (Å²) in [5.74, 6) is 0.718. The van der Waals surface area contributed by atoms with Gasteiger partial charge in [0.2, 0.25) is 0 Å². The molecule has 0 aliphatic heterocycles. The second kappa shape index (κ2) is 3.86. The summed E-state index contributed by atoms with van der Waals surface area (Å²) in [6.45, 7) is 2.05. The maximum absolute atomic E-state index is 5.92. The Morgan fingerprint density at radius 2 is 2.06 bits per heavy atom. The van der Waals surface area contributed by atoms with Gasteiger partial charge in [-0.05, 0) is 19.1 Å². The van der Waals surface area contributed by atoms with E-state index in [1.54, 1.807) is 16.6 Å². The highest BCUT2D eigenvalue weighted by atomic mass is 35.5. The molecule has 0 N–H and O–H groups in total. The van der Waals surface area contributed by atoms with Crippen LogP contribution < -0.4 is 0 Å². The van der Waals surface area contributed by atoms with Gasteiger partial charge in [-0.15, -0.1) is 5.10 Å². The standard InChI is InChI=1S/C13H10ClN3/c1-9-3-2-4-10(7-9)13-15-12-8-11(14)5-6-17(12)16-13/h2-8H,1H3. The molecule has 0 fully saturated rings. The van der Waals surface area contributed by atoms with Crippen molar-refractivity contribution in [3.8, 4) is 11.4 Å². The Labute approximate surface area is 104 Å². The number of benzene rings is 1. The van der Waals surface area contributed by atoms with Crippen LogP contribution in [0.1, 0.15) is 5.56 Å². The van der Waals surface area contributed by atoms with Gasteiger partial charge in [0.15, 0.2) is 11.5 Å². The SMILES string of the molecule is Cc1cccc(-c2nc3cc(Cl)ccn3n2)c1. The van der Waals surface area contributed by atoms with Crippen molar-refractivity contribution in [2.75, 3.05) is 0 Å². The Morgan fingerprint density at radius 3 is 2.88 bits per heavy atom. The molecule has 84 valence electrons. The molecule has 0 saturated carbocycles. The number of hydrogen-bond acceptors (Lipinski definition) is 2. The van der Waals surface area contributed by atoms with E-state index in [9.17, 15) is 0 Å². The molecule has 0 bridgehead atoms. The van der Waals surface area contributed by atoms with Crippen LogP contribution in [-0.2, 0) is 0 Å². The molecular formula is C13H10ClN3. The average Bonchev–Trinajstić information content (AvgIpc) is 2.72. The largest absolute Gasteiger partial charge is 0.220 e. The number of hydrogen-bond donors (Lipinski definition) is 0. The summed E-state index contributed by atoms with van der Waals surface area (Å²) in [5.41, 5.74) is 2.97. The van der Waals surface area contributed by atoms with E-state index in [0.29, 0.717) is 5.02 Å². The smallest absolute Gasteiger partial charge is 0.182 e. The van der Waals surface area contributed by atoms with E-state index < -0.39 is 0 Å². The molecule has 17 heavy (non-hydrogen) atoms. The number of nitrogens with zero attached hydrogens (tertiary/aromatic N) is 3. The lowest BCUT2D eigenvalue weighted by atomic mass is 10.1. The predicted octanol–water partition coefficient (Wildman–Crippen LogP) is 3.36. The molecule has 0 aliphatic rings. The summed E-state index contributed by atoms with van der Waals surface area (Å²) in [7, 11) is 0. The first kappa shape index (κ1) is 10.3. The molecule has 0 radical (unpaired) electrons. The van der Waals surface area contributed by atoms with E-state index in [1.165, 1.54) is 5.56 Å². The van der Waals surface area contributed by atoms with Gasteiger partial charge in [-0.2, -0.15) is 0 Å². The van der Waals surface area contributed by atoms with Crippen molar-refractivity contribution in [2.45, 2.75) is 6.92 Å². The fraction of sp³-hybridized carbons (Fsp3) is 0.0769. The van der Waals surface area contributed by atoms with Gasteiger partial charge < -0.3 is 0 Å². The zero-order chi connectivity index (χ0) is 11.8. The summed E-state index contributed by atoms with van der Waals surface area (Å²) < 4.78 is 1.73. The number of halogens is 1. The topological polar surface area (TPSA) is 30.2 Å². The van der Waals surface area contributed by atoms with Crippen LogP contribution >= 0.6 is 11.6 Å². The Kier molecular flexibility index (Phi) is 2.34. The zero-order valence-corrected chi connectivity index (χ0v) is 10.0. The first-order valence-corrected chi connectivity index (χ1v) is 5.69. The van der Waals surface area contributed by atoms with Gasteiger partial charge in [-0.1, -0.05) is 35.4 Å². The molecule has 0 amide bonds. The molecule has 1 aromatic carbocycles. The molecule has 3 rings (SSSR count). The van der Waals surface area contributed by atoms with Crippen LogP contribution in [0.25, 0.3) is 17.0 Å². The van der Waals surface area contributed by atoms with Gasteiger partial charge in [0.05, 0.1) is 0 Å². The molecule has 0 atom stereocenters. The molecule has 3 nitrogen and oxygen atoms in total. The minimum Gasteiger partial charge on any atom is -0.220 e. The van der Waals surface area contributed by atoms with Gasteiger partial charge in [0.25, 0.3) is 0 Å². The Balaban J connectivity index is 2.18. The van der Waals surface area contributed by atoms with E-state index in [1.807, 2.05) is 18.3 Å². The van der Waals surface area contributed by atoms with Gasteiger partial charge in [-0.25, -0.2) is 9.50 Å². The fourth-order valence-electron chi connectivity index (χ4n) is 1.76. The number of fused-ring (bicyclic) bond motifs is 1. The molecule has 0 unspecified atom stereocenters. The van der Waals surface area contributed by atoms with Crippen LogP contribution in [0.15, 0.2) is 42.6 Å². The fourth-order valence-corrected chi connectivity index (χ4v) is 1.92. The van der Waals surface area contributed by atoms with Crippen molar-refractivity contribution in [1.82, 2.24) is 14.6 Å². The maximum atomic E-state index is 5.92. The van der Waals surface area contributed by atoms with Crippen LogP contribution in [0, 0.1) is 6.92 Å². The monoisotopic (exact) mass is 243 g/mol. The van der Waals surface area contributed by atoms with Gasteiger partial charge in [0, 0.05) is 22.8 Å². The summed E-state index contributed by atoms with van der Waals surface area (Å²) in [6, 6.07) is 11.7. The number of aromatic nitrogens is 3. The number of rotatable bonds is 1. The highest BCUT2D eigenvalue weighted by molar-refractivity contribution is 6.30. The highest BCUT2D eigenvalue weighted by Gasteiger charge is 2.06. The van der Waals surface area contributed by atoms with E-state index in [2.05, 4.69) is 29.1 Å². The summed E-state index contributed by atoms with van der Waals surface area (Å²) in [5, 5.41) is 5.08. The van der Waals surface area contributed by atoms with Crippen LogP contribution in [-0.4, -0.2) is 14.6 Å². The second-order valence-electron chi connectivity index (χ2n) is 3.95. The van der Waals surface area contributed by atoms with Crippen molar-refractivity contribution < 1.29 is 0 Å². The minimum atomic E-state index is 0.667.